The average Bonchev–Trinajstić information content (AvgIpc) is 3.43. The predicted molar refractivity (Wildman–Crippen MR) is 138 cm³/mol. The predicted octanol–water partition coefficient (Wildman–Crippen LogP) is 3.71. The molecule has 12 heteroatoms. The van der Waals surface area contributed by atoms with Crippen LogP contribution in [0.2, 0.25) is 25.7 Å². The standard InChI is InChI=1S/C23H34N4O6SSi/c1-16-11-12-20(33-16)22-24-25-23(27(22)21-18(31-3)9-8-10-19(21)32-4)26(13-14-35(5,6)7)34(29,30)17(2)15-28/h8-12,17,28H,13-15H2,1-7H3/t17-/m0/s1. The van der Waals surface area contributed by atoms with E-state index in [9.17, 15) is 13.5 Å². The highest BCUT2D eigenvalue weighted by Crippen LogP contribution is 2.39. The third-order valence-electron chi connectivity index (χ3n) is 5.59. The molecule has 0 aliphatic carbocycles. The van der Waals surface area contributed by atoms with Crippen LogP contribution in [0.5, 0.6) is 11.5 Å². The van der Waals surface area contributed by atoms with Crippen LogP contribution in [0.4, 0.5) is 5.95 Å². The minimum atomic E-state index is -3.99. The number of rotatable bonds is 11. The first-order valence-corrected chi connectivity index (χ1v) is 16.5. The monoisotopic (exact) mass is 522 g/mol. The molecule has 0 fully saturated rings. The lowest BCUT2D eigenvalue weighted by atomic mass is 10.2. The van der Waals surface area contributed by atoms with Crippen LogP contribution in [-0.2, 0) is 10.0 Å². The molecule has 1 N–H and O–H groups in total. The van der Waals surface area contributed by atoms with Gasteiger partial charge in [0.1, 0.15) is 28.2 Å². The maximum Gasteiger partial charge on any atom is 0.246 e. The maximum atomic E-state index is 13.6. The zero-order valence-electron chi connectivity index (χ0n) is 21.3. The largest absolute Gasteiger partial charge is 0.494 e. The molecule has 3 rings (SSSR count). The van der Waals surface area contributed by atoms with Crippen LogP contribution in [-0.4, -0.2) is 69.0 Å². The van der Waals surface area contributed by atoms with Crippen molar-refractivity contribution in [3.63, 3.8) is 0 Å². The topological polar surface area (TPSA) is 120 Å². The summed E-state index contributed by atoms with van der Waals surface area (Å²) in [4.78, 5) is 0. The molecule has 0 bridgehead atoms. The van der Waals surface area contributed by atoms with Crippen LogP contribution < -0.4 is 13.8 Å². The summed E-state index contributed by atoms with van der Waals surface area (Å²) < 4.78 is 47.2. The second kappa shape index (κ2) is 10.4. The molecular formula is C23H34N4O6SSi. The number of para-hydroxylation sites is 1. The Kier molecular flexibility index (Phi) is 7.97. The van der Waals surface area contributed by atoms with E-state index in [1.54, 1.807) is 34.9 Å². The van der Waals surface area contributed by atoms with Gasteiger partial charge in [-0.05, 0) is 44.2 Å². The number of sulfonamides is 1. The van der Waals surface area contributed by atoms with Crippen LogP contribution in [0.3, 0.4) is 0 Å². The molecule has 1 atom stereocenters. The van der Waals surface area contributed by atoms with E-state index in [-0.39, 0.29) is 12.5 Å². The highest BCUT2D eigenvalue weighted by Gasteiger charge is 2.36. The molecule has 0 spiro atoms. The Labute approximate surface area is 207 Å². The highest BCUT2D eigenvalue weighted by molar-refractivity contribution is 7.93. The summed E-state index contributed by atoms with van der Waals surface area (Å²) in [6.45, 7) is 9.44. The number of aryl methyl sites for hydroxylation is 1. The summed E-state index contributed by atoms with van der Waals surface area (Å²) in [5.41, 5.74) is 0.436. The quantitative estimate of drug-likeness (QED) is 0.379. The highest BCUT2D eigenvalue weighted by atomic mass is 32.2. The minimum Gasteiger partial charge on any atom is -0.494 e. The zero-order chi connectivity index (χ0) is 26.0. The second-order valence-corrected chi connectivity index (χ2v) is 17.4. The molecule has 3 aromatic rings. The van der Waals surface area contributed by atoms with Crippen molar-refractivity contribution in [2.75, 3.05) is 31.7 Å². The van der Waals surface area contributed by atoms with Crippen molar-refractivity contribution < 1.29 is 27.4 Å². The van der Waals surface area contributed by atoms with Gasteiger partial charge in [-0.15, -0.1) is 10.2 Å². The lowest BCUT2D eigenvalue weighted by Crippen LogP contribution is -2.43. The van der Waals surface area contributed by atoms with Gasteiger partial charge < -0.3 is 19.0 Å². The molecular weight excluding hydrogens is 488 g/mol. The molecule has 10 nitrogen and oxygen atoms in total. The molecule has 0 unspecified atom stereocenters. The number of aliphatic hydroxyl groups is 1. The molecule has 0 saturated heterocycles. The van der Waals surface area contributed by atoms with Gasteiger partial charge in [0.15, 0.2) is 5.76 Å². The van der Waals surface area contributed by atoms with Gasteiger partial charge in [0, 0.05) is 14.6 Å². The third kappa shape index (κ3) is 5.54. The van der Waals surface area contributed by atoms with E-state index < -0.39 is 30.0 Å². The number of methoxy groups -OCH3 is 2. The number of furan rings is 1. The Morgan fingerprint density at radius 1 is 1.11 bits per heavy atom. The average molecular weight is 523 g/mol. The smallest absolute Gasteiger partial charge is 0.246 e. The molecule has 0 aliphatic heterocycles. The Hall–Kier alpha value is -2.83. The van der Waals surface area contributed by atoms with E-state index in [2.05, 4.69) is 29.8 Å². The molecule has 2 heterocycles. The van der Waals surface area contributed by atoms with E-state index in [1.807, 2.05) is 6.92 Å². The number of nitrogens with zero attached hydrogens (tertiary/aromatic N) is 4. The summed E-state index contributed by atoms with van der Waals surface area (Å²) in [6, 6.07) is 9.48. The number of ether oxygens (including phenoxy) is 2. The molecule has 0 radical (unpaired) electrons. The number of hydrogen-bond acceptors (Lipinski definition) is 8. The molecule has 192 valence electrons. The van der Waals surface area contributed by atoms with Gasteiger partial charge in [0.2, 0.25) is 21.8 Å². The van der Waals surface area contributed by atoms with E-state index in [1.165, 1.54) is 25.4 Å². The summed E-state index contributed by atoms with van der Waals surface area (Å²) in [5, 5.41) is 17.4. The molecule has 0 amide bonds. The fourth-order valence-corrected chi connectivity index (χ4v) is 5.87. The van der Waals surface area contributed by atoms with Crippen LogP contribution in [0, 0.1) is 6.92 Å². The van der Waals surface area contributed by atoms with E-state index in [4.69, 9.17) is 13.9 Å². The maximum absolute atomic E-state index is 13.6. The van der Waals surface area contributed by atoms with Crippen molar-refractivity contribution in [3.05, 3.63) is 36.1 Å². The number of hydrogen-bond donors (Lipinski definition) is 1. The number of aromatic nitrogens is 3. The summed E-state index contributed by atoms with van der Waals surface area (Å²) in [5.74, 6) is 2.31. The lowest BCUT2D eigenvalue weighted by Gasteiger charge is -2.29. The van der Waals surface area contributed by atoms with E-state index in [0.29, 0.717) is 40.6 Å². The first-order valence-electron chi connectivity index (χ1n) is 11.3. The first kappa shape index (κ1) is 26.8. The SMILES string of the molecule is COc1cccc(OC)c1-n1c(-c2ccc(C)o2)nnc1N(CC[Si](C)(C)C)S(=O)(=O)[C@@H](C)CO. The Balaban J connectivity index is 2.37. The van der Waals surface area contributed by atoms with Crippen molar-refractivity contribution in [1.29, 1.82) is 0 Å². The molecule has 35 heavy (non-hydrogen) atoms. The fraction of sp³-hybridized carbons (Fsp3) is 0.478. The summed E-state index contributed by atoms with van der Waals surface area (Å²) >= 11 is 0. The van der Waals surface area contributed by atoms with Gasteiger partial charge in [0.05, 0.1) is 20.8 Å². The molecule has 1 aromatic carbocycles. The van der Waals surface area contributed by atoms with Crippen LogP contribution in [0.15, 0.2) is 34.7 Å². The van der Waals surface area contributed by atoms with E-state index >= 15 is 0 Å². The van der Waals surface area contributed by atoms with Gasteiger partial charge >= 0.3 is 0 Å². The fourth-order valence-electron chi connectivity index (χ4n) is 3.50. The van der Waals surface area contributed by atoms with Crippen molar-refractivity contribution in [1.82, 2.24) is 14.8 Å². The van der Waals surface area contributed by atoms with Gasteiger partial charge in [0.25, 0.3) is 0 Å². The van der Waals surface area contributed by atoms with Crippen molar-refractivity contribution in [3.8, 4) is 28.8 Å². The summed E-state index contributed by atoms with van der Waals surface area (Å²) in [7, 11) is -2.61. The van der Waals surface area contributed by atoms with Crippen LogP contribution in [0.1, 0.15) is 12.7 Å². The van der Waals surface area contributed by atoms with Gasteiger partial charge in [-0.2, -0.15) is 0 Å². The van der Waals surface area contributed by atoms with Crippen LogP contribution in [0.25, 0.3) is 17.3 Å². The second-order valence-electron chi connectivity index (χ2n) is 9.50. The van der Waals surface area contributed by atoms with Gasteiger partial charge in [-0.3, -0.25) is 4.57 Å². The van der Waals surface area contributed by atoms with Crippen molar-refractivity contribution >= 4 is 24.0 Å². The normalized spacial score (nSPS) is 13.0. The van der Waals surface area contributed by atoms with Gasteiger partial charge in [-0.25, -0.2) is 12.7 Å². The number of anilines is 1. The molecule has 2 aromatic heterocycles. The first-order chi connectivity index (χ1) is 16.4. The van der Waals surface area contributed by atoms with Crippen molar-refractivity contribution in [2.45, 2.75) is 44.8 Å². The summed E-state index contributed by atoms with van der Waals surface area (Å²) in [6.07, 6.45) is 0. The van der Waals surface area contributed by atoms with Crippen LogP contribution >= 0.6 is 0 Å². The van der Waals surface area contributed by atoms with E-state index in [0.717, 1.165) is 0 Å². The minimum absolute atomic E-state index is 0.0652. The Morgan fingerprint density at radius 3 is 2.23 bits per heavy atom. The lowest BCUT2D eigenvalue weighted by molar-refractivity contribution is 0.295. The number of aliphatic hydroxyl groups excluding tert-OH is 1. The Bertz CT molecular complexity index is 1240. The molecule has 0 saturated carbocycles. The van der Waals surface area contributed by atoms with Crippen molar-refractivity contribution in [2.24, 2.45) is 0 Å². The molecule has 0 aliphatic rings. The number of benzene rings is 1. The Morgan fingerprint density at radius 2 is 1.74 bits per heavy atom. The third-order valence-corrected chi connectivity index (χ3v) is 9.44. The van der Waals surface area contributed by atoms with Gasteiger partial charge in [-0.1, -0.05) is 25.7 Å². The zero-order valence-corrected chi connectivity index (χ0v) is 23.1.